The molecule has 0 heterocycles. The number of hydrogen-bond donors (Lipinski definition) is 3. The van der Waals surface area contributed by atoms with E-state index in [0.717, 1.165) is 6.08 Å². The second kappa shape index (κ2) is 5.10. The minimum atomic E-state index is -5.14. The number of rotatable bonds is 1. The topological polar surface area (TPSA) is 94.8 Å². The van der Waals surface area contributed by atoms with Gasteiger partial charge in [-0.2, -0.15) is 0 Å². The molecular weight excluding hydrogens is 166 g/mol. The van der Waals surface area contributed by atoms with Crippen molar-refractivity contribution in [2.24, 2.45) is 0 Å². The monoisotopic (exact) mass is 172 g/mol. The van der Waals surface area contributed by atoms with E-state index in [0.29, 0.717) is 0 Å². The van der Waals surface area contributed by atoms with Crippen molar-refractivity contribution in [2.75, 3.05) is 0 Å². The number of halogens is 1. The van der Waals surface area contributed by atoms with Gasteiger partial charge >= 0.3 is 13.9 Å². The third kappa shape index (κ3) is 173. The van der Waals surface area contributed by atoms with Gasteiger partial charge in [-0.15, -0.1) is 4.20 Å². The molecule has 5 nitrogen and oxygen atoms in total. The highest BCUT2D eigenvalue weighted by atomic mass is 31.2. The van der Waals surface area contributed by atoms with E-state index in [4.69, 9.17) is 19.5 Å². The van der Waals surface area contributed by atoms with Crippen molar-refractivity contribution >= 4 is 13.9 Å². The van der Waals surface area contributed by atoms with E-state index < -0.39 is 13.9 Å². The third-order valence-corrected chi connectivity index (χ3v) is 0.175. The Kier molecular flexibility index (Phi) is 6.13. The summed E-state index contributed by atoms with van der Waals surface area (Å²) in [5.41, 5.74) is 0. The van der Waals surface area contributed by atoms with Gasteiger partial charge in [-0.1, -0.05) is 6.58 Å². The molecule has 0 fully saturated rings. The Bertz CT molecular complexity index is 152. The molecule has 0 unspecified atom stereocenters. The van der Waals surface area contributed by atoms with Crippen molar-refractivity contribution in [1.82, 2.24) is 0 Å². The van der Waals surface area contributed by atoms with Gasteiger partial charge in [0.05, 0.1) is 0 Å². The van der Waals surface area contributed by atoms with Crippen LogP contribution in [0.4, 0.5) is 4.20 Å². The van der Waals surface area contributed by atoms with Gasteiger partial charge in [0.1, 0.15) is 0 Å². The molecule has 10 heavy (non-hydrogen) atoms. The maximum absolute atomic E-state index is 10.4. The summed E-state index contributed by atoms with van der Waals surface area (Å²) >= 11 is 0. The van der Waals surface area contributed by atoms with E-state index in [9.17, 15) is 8.99 Å². The number of aliphatic carboxylic acids is 1. The van der Waals surface area contributed by atoms with Gasteiger partial charge in [0.2, 0.25) is 0 Å². The molecule has 60 valence electrons. The predicted molar refractivity (Wildman–Crippen MR) is 31.0 cm³/mol. The zero-order valence-corrected chi connectivity index (χ0v) is 5.66. The Labute approximate surface area is 56.1 Å². The van der Waals surface area contributed by atoms with E-state index in [2.05, 4.69) is 6.58 Å². The van der Waals surface area contributed by atoms with E-state index in [1.54, 1.807) is 0 Å². The molecule has 0 radical (unpaired) electrons. The first kappa shape index (κ1) is 12.0. The highest BCUT2D eigenvalue weighted by Crippen LogP contribution is 2.34. The lowest BCUT2D eigenvalue weighted by Gasteiger charge is -1.77. The molecule has 0 atom stereocenters. The standard InChI is InChI=1S/C3H4O2.FH2O3P/c1-2-3(4)5;1-5(2,3)4/h2H,1H2,(H,4,5);(H2,2,3,4). The van der Waals surface area contributed by atoms with E-state index in [1.165, 1.54) is 0 Å². The maximum atomic E-state index is 10.4. The van der Waals surface area contributed by atoms with Crippen LogP contribution in [0.25, 0.3) is 0 Å². The molecule has 0 saturated heterocycles. The number of carbonyl (C=O) groups is 1. The lowest BCUT2D eigenvalue weighted by molar-refractivity contribution is -0.131. The fraction of sp³-hybridized carbons (Fsp3) is 0. The van der Waals surface area contributed by atoms with Crippen LogP contribution >= 0.6 is 7.91 Å². The van der Waals surface area contributed by atoms with Gasteiger partial charge in [0.15, 0.2) is 0 Å². The lowest BCUT2D eigenvalue weighted by Crippen LogP contribution is -1.82. The molecule has 0 aliphatic rings. The number of carboxylic acids is 1. The summed E-state index contributed by atoms with van der Waals surface area (Å²) in [4.78, 5) is 23.2. The fourth-order valence-corrected chi connectivity index (χ4v) is 0. The van der Waals surface area contributed by atoms with Crippen LogP contribution in [0.15, 0.2) is 12.7 Å². The van der Waals surface area contributed by atoms with Gasteiger partial charge in [-0.25, -0.2) is 9.36 Å². The molecule has 0 aromatic heterocycles. The van der Waals surface area contributed by atoms with Crippen molar-refractivity contribution in [3.63, 3.8) is 0 Å². The van der Waals surface area contributed by atoms with Crippen LogP contribution in [0.2, 0.25) is 0 Å². The zero-order chi connectivity index (χ0) is 8.78. The van der Waals surface area contributed by atoms with Crippen molar-refractivity contribution < 1.29 is 28.4 Å². The third-order valence-electron chi connectivity index (χ3n) is 0.175. The molecule has 0 amide bonds. The predicted octanol–water partition coefficient (Wildman–Crippen LogP) is 0.306. The minimum absolute atomic E-state index is 0.833. The summed E-state index contributed by atoms with van der Waals surface area (Å²) in [5, 5.41) is 7.60. The maximum Gasteiger partial charge on any atom is 0.507 e. The summed E-state index contributed by atoms with van der Waals surface area (Å²) in [6, 6.07) is 0. The van der Waals surface area contributed by atoms with Crippen LogP contribution in [-0.2, 0) is 9.36 Å². The first-order valence-corrected chi connectivity index (χ1v) is 3.38. The Hall–Kier alpha value is -0.710. The van der Waals surface area contributed by atoms with Crippen LogP contribution in [0, 0.1) is 0 Å². The average molecular weight is 172 g/mol. The van der Waals surface area contributed by atoms with Crippen molar-refractivity contribution in [3.05, 3.63) is 12.7 Å². The van der Waals surface area contributed by atoms with E-state index >= 15 is 0 Å². The molecular formula is C3H6FO5P. The van der Waals surface area contributed by atoms with Gasteiger partial charge in [0, 0.05) is 6.08 Å². The van der Waals surface area contributed by atoms with Crippen molar-refractivity contribution in [1.29, 1.82) is 0 Å². The van der Waals surface area contributed by atoms with Gasteiger partial charge in [0.25, 0.3) is 0 Å². The molecule has 0 spiro atoms. The van der Waals surface area contributed by atoms with Crippen molar-refractivity contribution in [2.45, 2.75) is 0 Å². The fourth-order valence-electron chi connectivity index (χ4n) is 0. The normalized spacial score (nSPS) is 9.10. The van der Waals surface area contributed by atoms with Crippen LogP contribution in [0.5, 0.6) is 0 Å². The Morgan fingerprint density at radius 1 is 1.60 bits per heavy atom. The molecule has 0 rings (SSSR count). The first-order valence-electron chi connectivity index (χ1n) is 1.88. The quantitative estimate of drug-likeness (QED) is 0.390. The van der Waals surface area contributed by atoms with Crippen molar-refractivity contribution in [3.8, 4) is 0 Å². The Balaban J connectivity index is 0. The summed E-state index contributed by atoms with van der Waals surface area (Å²) in [6.45, 7) is 2.96. The lowest BCUT2D eigenvalue weighted by atomic mass is 10.7. The van der Waals surface area contributed by atoms with Gasteiger partial charge in [-0.3, -0.25) is 9.79 Å². The van der Waals surface area contributed by atoms with Gasteiger partial charge < -0.3 is 5.11 Å². The first-order chi connectivity index (χ1) is 4.27. The minimum Gasteiger partial charge on any atom is -0.478 e. The van der Waals surface area contributed by atoms with Gasteiger partial charge in [-0.05, 0) is 0 Å². The van der Waals surface area contributed by atoms with E-state index in [-0.39, 0.29) is 0 Å². The molecule has 0 aromatic carbocycles. The molecule has 7 heteroatoms. The summed E-state index contributed by atoms with van der Waals surface area (Å²) in [5.74, 6) is -0.981. The van der Waals surface area contributed by atoms with E-state index in [1.807, 2.05) is 0 Å². The highest BCUT2D eigenvalue weighted by Gasteiger charge is 2.04. The largest absolute Gasteiger partial charge is 0.507 e. The summed E-state index contributed by atoms with van der Waals surface area (Å²) in [6.07, 6.45) is 0.833. The molecule has 0 bridgehead atoms. The SMILES string of the molecule is C=CC(=O)O.O=P(O)(O)F. The second-order valence-corrected chi connectivity index (χ2v) is 1.96. The molecule has 0 aromatic rings. The summed E-state index contributed by atoms with van der Waals surface area (Å²) < 4.78 is 19.0. The number of hydrogen-bond acceptors (Lipinski definition) is 2. The smallest absolute Gasteiger partial charge is 0.478 e. The van der Waals surface area contributed by atoms with Crippen LogP contribution < -0.4 is 0 Å². The molecule has 0 aliphatic heterocycles. The number of carboxylic acid groups (broad SMARTS) is 1. The Morgan fingerprint density at radius 2 is 1.70 bits per heavy atom. The van der Waals surface area contributed by atoms with Crippen LogP contribution in [0.3, 0.4) is 0 Å². The zero-order valence-electron chi connectivity index (χ0n) is 4.77. The van der Waals surface area contributed by atoms with Crippen LogP contribution in [0.1, 0.15) is 0 Å². The molecule has 0 aliphatic carbocycles. The Morgan fingerprint density at radius 3 is 1.70 bits per heavy atom. The average Bonchev–Trinajstić information content (AvgIpc) is 1.61. The molecule has 0 saturated carbocycles. The van der Waals surface area contributed by atoms with Crippen LogP contribution in [-0.4, -0.2) is 20.9 Å². The molecule has 3 N–H and O–H groups in total. The summed E-state index contributed by atoms with van der Waals surface area (Å²) in [7, 11) is -5.14. The second-order valence-electron chi connectivity index (χ2n) is 1.02. The highest BCUT2D eigenvalue weighted by molar-refractivity contribution is 7.45.